The summed E-state index contributed by atoms with van der Waals surface area (Å²) in [4.78, 5) is 10.8. The Morgan fingerprint density at radius 1 is 1.00 bits per heavy atom. The molecule has 3 aliphatic rings. The minimum Gasteiger partial charge on any atom is -0.471 e. The molecule has 1 N–H and O–H groups in total. The molecular formula is C27H42N4O. The van der Waals surface area contributed by atoms with E-state index in [1.54, 1.807) is 0 Å². The van der Waals surface area contributed by atoms with E-state index in [1.807, 2.05) is 27.7 Å². The lowest BCUT2D eigenvalue weighted by molar-refractivity contribution is 0.119. The van der Waals surface area contributed by atoms with E-state index in [4.69, 9.17) is 4.74 Å². The molecule has 0 radical (unpaired) electrons. The Morgan fingerprint density at radius 2 is 1.69 bits per heavy atom. The van der Waals surface area contributed by atoms with Crippen LogP contribution in [0.3, 0.4) is 0 Å². The lowest BCUT2D eigenvalue weighted by Crippen LogP contribution is -2.30. The van der Waals surface area contributed by atoms with Gasteiger partial charge in [-0.05, 0) is 72.5 Å². The molecule has 5 heteroatoms. The first-order valence-electron chi connectivity index (χ1n) is 12.0. The van der Waals surface area contributed by atoms with Crippen LogP contribution >= 0.6 is 0 Å². The summed E-state index contributed by atoms with van der Waals surface area (Å²) in [7, 11) is 0. The summed E-state index contributed by atoms with van der Waals surface area (Å²) in [6.07, 6.45) is 11.9. The molecule has 3 heterocycles. The highest BCUT2D eigenvalue weighted by Gasteiger charge is 2.18. The average Bonchev–Trinajstić information content (AvgIpc) is 2.82. The molecule has 0 spiro atoms. The van der Waals surface area contributed by atoms with Crippen molar-refractivity contribution in [2.75, 3.05) is 32.7 Å². The molecule has 0 aliphatic carbocycles. The van der Waals surface area contributed by atoms with E-state index in [0.29, 0.717) is 5.90 Å². The molecule has 0 saturated carbocycles. The van der Waals surface area contributed by atoms with Gasteiger partial charge in [0, 0.05) is 18.4 Å². The first-order valence-corrected chi connectivity index (χ1v) is 12.0. The molecular weight excluding hydrogens is 396 g/mol. The minimum atomic E-state index is -0.174. The molecule has 176 valence electrons. The van der Waals surface area contributed by atoms with Crippen molar-refractivity contribution in [3.63, 3.8) is 0 Å². The standard InChI is InChI=1S/C13H15N.C9H16N2O.C5H11N/c1-2-14-11-7-6-10-13(14)12-8-4-3-5-9-12;1-7-8(11-6-5-10-7)12-9(2,3)4;1-2-4-6-5-3-1/h3-5,7-11H,2,6H2,1H3;5-6H2,1-4H3;6H,1-5H2. The highest BCUT2D eigenvalue weighted by Crippen LogP contribution is 2.22. The fourth-order valence-corrected chi connectivity index (χ4v) is 3.48. The van der Waals surface area contributed by atoms with Gasteiger partial charge in [-0.2, -0.15) is 0 Å². The molecule has 0 amide bonds. The van der Waals surface area contributed by atoms with Gasteiger partial charge in [-0.1, -0.05) is 48.9 Å². The van der Waals surface area contributed by atoms with E-state index in [9.17, 15) is 0 Å². The van der Waals surface area contributed by atoms with E-state index < -0.39 is 0 Å². The third-order valence-corrected chi connectivity index (χ3v) is 5.08. The fraction of sp³-hybridized carbons (Fsp3) is 0.556. The van der Waals surface area contributed by atoms with Crippen LogP contribution in [0.1, 0.15) is 65.9 Å². The van der Waals surface area contributed by atoms with Crippen molar-refractivity contribution in [1.82, 2.24) is 10.2 Å². The van der Waals surface area contributed by atoms with Crippen molar-refractivity contribution in [3.05, 3.63) is 54.2 Å². The van der Waals surface area contributed by atoms with Crippen LogP contribution in [0.4, 0.5) is 0 Å². The van der Waals surface area contributed by atoms with Crippen molar-refractivity contribution in [2.24, 2.45) is 9.98 Å². The van der Waals surface area contributed by atoms with Gasteiger partial charge in [0.15, 0.2) is 0 Å². The quantitative estimate of drug-likeness (QED) is 0.644. The Morgan fingerprint density at radius 3 is 2.22 bits per heavy atom. The Hall–Kier alpha value is -2.40. The Kier molecular flexibility index (Phi) is 11.2. The number of aliphatic imine (C=N–C) groups is 2. The largest absolute Gasteiger partial charge is 0.471 e. The fourth-order valence-electron chi connectivity index (χ4n) is 3.48. The van der Waals surface area contributed by atoms with Crippen molar-refractivity contribution < 1.29 is 4.74 Å². The summed E-state index contributed by atoms with van der Waals surface area (Å²) >= 11 is 0. The molecule has 0 atom stereocenters. The SMILES string of the molecule is C1CCNCC1.CC1=NCCN=C1OC(C)(C)C.CCN1C=CCC=C1c1ccccc1. The van der Waals surface area contributed by atoms with E-state index in [-0.39, 0.29) is 5.60 Å². The normalized spacial score (nSPS) is 18.2. The molecule has 1 fully saturated rings. The second-order valence-corrected chi connectivity index (χ2v) is 9.04. The summed E-state index contributed by atoms with van der Waals surface area (Å²) in [5.41, 5.74) is 3.37. The lowest BCUT2D eigenvalue weighted by Gasteiger charge is -2.24. The van der Waals surface area contributed by atoms with E-state index in [0.717, 1.165) is 31.8 Å². The zero-order valence-corrected chi connectivity index (χ0v) is 20.7. The van der Waals surface area contributed by atoms with E-state index in [2.05, 4.69) is 75.8 Å². The zero-order chi connectivity index (χ0) is 23.2. The number of hydrogen-bond acceptors (Lipinski definition) is 5. The summed E-state index contributed by atoms with van der Waals surface area (Å²) < 4.78 is 5.61. The number of allylic oxidation sites excluding steroid dienone is 2. The summed E-state index contributed by atoms with van der Waals surface area (Å²) in [6.45, 7) is 15.2. The monoisotopic (exact) mass is 438 g/mol. The number of nitrogens with one attached hydrogen (secondary N) is 1. The van der Waals surface area contributed by atoms with Gasteiger partial charge in [0.1, 0.15) is 5.60 Å². The smallest absolute Gasteiger partial charge is 0.230 e. The number of rotatable bonds is 2. The molecule has 3 aliphatic heterocycles. The summed E-state index contributed by atoms with van der Waals surface area (Å²) in [5, 5.41) is 3.28. The van der Waals surface area contributed by atoms with Gasteiger partial charge < -0.3 is 15.0 Å². The topological polar surface area (TPSA) is 49.2 Å². The molecule has 1 aromatic carbocycles. The van der Waals surface area contributed by atoms with Crippen molar-refractivity contribution in [1.29, 1.82) is 0 Å². The van der Waals surface area contributed by atoms with Crippen LogP contribution < -0.4 is 5.32 Å². The number of ether oxygens (including phenoxy) is 1. The first-order chi connectivity index (χ1) is 15.4. The molecule has 1 aromatic rings. The van der Waals surface area contributed by atoms with Crippen LogP contribution in [0.5, 0.6) is 0 Å². The van der Waals surface area contributed by atoms with E-state index in [1.165, 1.54) is 43.6 Å². The first kappa shape index (κ1) is 25.9. The van der Waals surface area contributed by atoms with Crippen molar-refractivity contribution in [3.8, 4) is 0 Å². The Bertz CT molecular complexity index is 772. The van der Waals surface area contributed by atoms with Gasteiger partial charge in [0.05, 0.1) is 18.8 Å². The molecule has 4 rings (SSSR count). The Labute approximate surface area is 195 Å². The summed E-state index contributed by atoms with van der Waals surface area (Å²) in [6, 6.07) is 10.5. The van der Waals surface area contributed by atoms with Gasteiger partial charge in [-0.3, -0.25) is 4.99 Å². The average molecular weight is 439 g/mol. The highest BCUT2D eigenvalue weighted by atomic mass is 16.5. The van der Waals surface area contributed by atoms with Crippen LogP contribution in [0.2, 0.25) is 0 Å². The number of piperidine rings is 1. The second-order valence-electron chi connectivity index (χ2n) is 9.04. The van der Waals surface area contributed by atoms with Gasteiger partial charge in [-0.25, -0.2) is 4.99 Å². The van der Waals surface area contributed by atoms with Gasteiger partial charge in [0.2, 0.25) is 5.90 Å². The maximum atomic E-state index is 5.61. The molecule has 0 aromatic heterocycles. The van der Waals surface area contributed by atoms with Crippen LogP contribution in [0, 0.1) is 0 Å². The maximum absolute atomic E-state index is 5.61. The molecule has 0 unspecified atom stereocenters. The predicted molar refractivity (Wildman–Crippen MR) is 138 cm³/mol. The molecule has 32 heavy (non-hydrogen) atoms. The number of hydrogen-bond donors (Lipinski definition) is 1. The Balaban J connectivity index is 0.000000183. The third-order valence-electron chi connectivity index (χ3n) is 5.08. The lowest BCUT2D eigenvalue weighted by atomic mass is 10.1. The van der Waals surface area contributed by atoms with Crippen molar-refractivity contribution >= 4 is 17.3 Å². The van der Waals surface area contributed by atoms with E-state index >= 15 is 0 Å². The molecule has 5 nitrogen and oxygen atoms in total. The predicted octanol–water partition coefficient (Wildman–Crippen LogP) is 5.70. The number of nitrogens with zero attached hydrogens (tertiary/aromatic N) is 3. The van der Waals surface area contributed by atoms with Gasteiger partial charge in [0.25, 0.3) is 0 Å². The van der Waals surface area contributed by atoms with Crippen LogP contribution in [0.15, 0.2) is 58.7 Å². The zero-order valence-electron chi connectivity index (χ0n) is 20.7. The third kappa shape index (κ3) is 9.82. The maximum Gasteiger partial charge on any atom is 0.230 e. The van der Waals surface area contributed by atoms with Crippen molar-refractivity contribution in [2.45, 2.75) is 65.9 Å². The van der Waals surface area contributed by atoms with Gasteiger partial charge in [-0.15, -0.1) is 0 Å². The summed E-state index contributed by atoms with van der Waals surface area (Å²) in [5.74, 6) is 0.703. The minimum absolute atomic E-state index is 0.174. The molecule has 1 saturated heterocycles. The highest BCUT2D eigenvalue weighted by molar-refractivity contribution is 6.38. The molecule has 0 bridgehead atoms. The number of benzene rings is 1. The van der Waals surface area contributed by atoms with Crippen LogP contribution in [-0.4, -0.2) is 54.8 Å². The van der Waals surface area contributed by atoms with Crippen LogP contribution in [-0.2, 0) is 4.74 Å². The second kappa shape index (κ2) is 13.9. The van der Waals surface area contributed by atoms with Gasteiger partial charge >= 0.3 is 0 Å². The van der Waals surface area contributed by atoms with Crippen LogP contribution in [0.25, 0.3) is 5.70 Å².